The summed E-state index contributed by atoms with van der Waals surface area (Å²) in [6, 6.07) is 24.4. The van der Waals surface area contributed by atoms with Gasteiger partial charge in [0.15, 0.2) is 0 Å². The number of thioether (sulfide) groups is 1. The third-order valence-electron chi connectivity index (χ3n) is 5.98. The van der Waals surface area contributed by atoms with Gasteiger partial charge in [0.1, 0.15) is 11.4 Å². The molecule has 0 aliphatic carbocycles. The van der Waals surface area contributed by atoms with E-state index in [1.54, 1.807) is 91.3 Å². The molecule has 3 N–H and O–H groups in total. The lowest BCUT2D eigenvalue weighted by molar-refractivity contribution is -0.116. The molecule has 3 amide bonds. The molecule has 0 aliphatic heterocycles. The van der Waals surface area contributed by atoms with Crippen molar-refractivity contribution in [3.05, 3.63) is 119 Å². The molecule has 1 heterocycles. The van der Waals surface area contributed by atoms with Gasteiger partial charge >= 0.3 is 0 Å². The first-order valence-electron chi connectivity index (χ1n) is 13.1. The van der Waals surface area contributed by atoms with Crippen LogP contribution in [-0.2, 0) is 9.59 Å². The normalized spacial score (nSPS) is 11.7. The molecule has 0 radical (unpaired) electrons. The standard InChI is InChI=1S/C32H29ClN4O4S/c1-3-29(32(40)36-24-14-15-28(41-2)26(33)19-24)42-25-13-7-12-23(18-25)35-31(39)27(17-21-9-8-16-34-20-21)37-30(38)22-10-5-4-6-11-22/h4-20,29H,3H2,1-2H3,(H,35,39)(H,36,40)(H,37,38)/b27-17-. The van der Waals surface area contributed by atoms with Gasteiger partial charge < -0.3 is 20.7 Å². The van der Waals surface area contributed by atoms with Crippen molar-refractivity contribution in [3.8, 4) is 5.75 Å². The van der Waals surface area contributed by atoms with Gasteiger partial charge in [0.05, 0.1) is 17.4 Å². The summed E-state index contributed by atoms with van der Waals surface area (Å²) in [7, 11) is 1.53. The largest absolute Gasteiger partial charge is 0.495 e. The van der Waals surface area contributed by atoms with Crippen LogP contribution in [0.1, 0.15) is 29.3 Å². The number of ether oxygens (including phenoxy) is 1. The van der Waals surface area contributed by atoms with Crippen molar-refractivity contribution in [2.45, 2.75) is 23.5 Å². The molecule has 0 bridgehead atoms. The van der Waals surface area contributed by atoms with E-state index in [9.17, 15) is 14.4 Å². The van der Waals surface area contributed by atoms with Gasteiger partial charge in [-0.25, -0.2) is 0 Å². The van der Waals surface area contributed by atoms with Gasteiger partial charge in [-0.05, 0) is 72.7 Å². The second-order valence-corrected chi connectivity index (χ2v) is 10.7. The lowest BCUT2D eigenvalue weighted by atomic mass is 10.2. The Kier molecular flexibility index (Phi) is 10.7. The van der Waals surface area contributed by atoms with Crippen LogP contribution in [0.25, 0.3) is 6.08 Å². The Morgan fingerprint density at radius 2 is 1.74 bits per heavy atom. The highest BCUT2D eigenvalue weighted by Crippen LogP contribution is 2.31. The highest BCUT2D eigenvalue weighted by atomic mass is 35.5. The fourth-order valence-corrected chi connectivity index (χ4v) is 5.14. The molecule has 4 rings (SSSR count). The van der Waals surface area contributed by atoms with E-state index in [1.807, 2.05) is 19.1 Å². The molecule has 10 heteroatoms. The number of amides is 3. The van der Waals surface area contributed by atoms with E-state index < -0.39 is 17.1 Å². The van der Waals surface area contributed by atoms with E-state index in [0.717, 1.165) is 4.90 Å². The Hall–Kier alpha value is -4.60. The van der Waals surface area contributed by atoms with Crippen molar-refractivity contribution in [1.29, 1.82) is 0 Å². The summed E-state index contributed by atoms with van der Waals surface area (Å²) in [5.74, 6) is -0.580. The van der Waals surface area contributed by atoms with E-state index >= 15 is 0 Å². The predicted octanol–water partition coefficient (Wildman–Crippen LogP) is 6.66. The minimum absolute atomic E-state index is 0.0545. The number of nitrogens with one attached hydrogen (secondary N) is 3. The molecule has 0 saturated heterocycles. The van der Waals surface area contributed by atoms with Gasteiger partial charge in [0.25, 0.3) is 11.8 Å². The fourth-order valence-electron chi connectivity index (χ4n) is 3.87. The van der Waals surface area contributed by atoms with Crippen LogP contribution in [0.5, 0.6) is 5.75 Å². The number of aromatic nitrogens is 1. The van der Waals surface area contributed by atoms with Crippen LogP contribution in [0, 0.1) is 0 Å². The molecular formula is C32H29ClN4O4S. The maximum absolute atomic E-state index is 13.4. The van der Waals surface area contributed by atoms with Crippen LogP contribution in [0.2, 0.25) is 5.02 Å². The summed E-state index contributed by atoms with van der Waals surface area (Å²) in [5, 5.41) is 8.47. The Morgan fingerprint density at radius 3 is 2.43 bits per heavy atom. The quantitative estimate of drug-likeness (QED) is 0.131. The maximum atomic E-state index is 13.4. The van der Waals surface area contributed by atoms with Gasteiger partial charge in [-0.1, -0.05) is 48.9 Å². The summed E-state index contributed by atoms with van der Waals surface area (Å²) >= 11 is 7.57. The Balaban J connectivity index is 1.47. The molecule has 4 aromatic rings. The van der Waals surface area contributed by atoms with Crippen LogP contribution in [0.3, 0.4) is 0 Å². The molecular weight excluding hydrogens is 572 g/mol. The molecule has 1 unspecified atom stereocenters. The number of pyridine rings is 1. The second kappa shape index (κ2) is 14.9. The smallest absolute Gasteiger partial charge is 0.272 e. The van der Waals surface area contributed by atoms with Gasteiger partial charge in [0, 0.05) is 34.2 Å². The minimum Gasteiger partial charge on any atom is -0.495 e. The number of nitrogens with zero attached hydrogens (tertiary/aromatic N) is 1. The number of halogens is 1. The number of carbonyl (C=O) groups excluding carboxylic acids is 3. The van der Waals surface area contributed by atoms with E-state index in [0.29, 0.717) is 39.7 Å². The zero-order chi connectivity index (χ0) is 29.9. The predicted molar refractivity (Wildman–Crippen MR) is 168 cm³/mol. The fraction of sp³-hybridized carbons (Fsp3) is 0.125. The Bertz CT molecular complexity index is 1580. The topological polar surface area (TPSA) is 109 Å². The summed E-state index contributed by atoms with van der Waals surface area (Å²) < 4.78 is 5.17. The molecule has 0 spiro atoms. The molecule has 1 atom stereocenters. The third-order valence-corrected chi connectivity index (χ3v) is 7.63. The van der Waals surface area contributed by atoms with E-state index in [4.69, 9.17) is 16.3 Å². The molecule has 1 aromatic heterocycles. The second-order valence-electron chi connectivity index (χ2n) is 9.00. The van der Waals surface area contributed by atoms with Crippen molar-refractivity contribution in [1.82, 2.24) is 10.3 Å². The number of hydrogen-bond acceptors (Lipinski definition) is 6. The average molecular weight is 601 g/mol. The molecule has 3 aromatic carbocycles. The number of rotatable bonds is 11. The number of anilines is 2. The number of benzene rings is 3. The highest BCUT2D eigenvalue weighted by molar-refractivity contribution is 8.00. The van der Waals surface area contributed by atoms with Crippen molar-refractivity contribution in [2.24, 2.45) is 0 Å². The molecule has 0 aliphatic rings. The van der Waals surface area contributed by atoms with Gasteiger partial charge in [0.2, 0.25) is 5.91 Å². The van der Waals surface area contributed by atoms with Crippen molar-refractivity contribution < 1.29 is 19.1 Å². The number of carbonyl (C=O) groups is 3. The first kappa shape index (κ1) is 30.4. The number of hydrogen-bond donors (Lipinski definition) is 3. The van der Waals surface area contributed by atoms with Crippen LogP contribution in [0.15, 0.2) is 108 Å². The third kappa shape index (κ3) is 8.45. The maximum Gasteiger partial charge on any atom is 0.272 e. The average Bonchev–Trinajstić information content (AvgIpc) is 3.00. The molecule has 0 saturated carbocycles. The Labute approximate surface area is 253 Å². The summed E-state index contributed by atoms with van der Waals surface area (Å²) in [4.78, 5) is 44.1. The molecule has 8 nitrogen and oxygen atoms in total. The number of methoxy groups -OCH3 is 1. The summed E-state index contributed by atoms with van der Waals surface area (Å²) in [6.07, 6.45) is 5.35. The molecule has 0 fully saturated rings. The summed E-state index contributed by atoms with van der Waals surface area (Å²) in [6.45, 7) is 1.93. The Morgan fingerprint density at radius 1 is 0.952 bits per heavy atom. The van der Waals surface area contributed by atoms with Crippen molar-refractivity contribution >= 4 is 58.5 Å². The van der Waals surface area contributed by atoms with Crippen molar-refractivity contribution in [2.75, 3.05) is 17.7 Å². The summed E-state index contributed by atoms with van der Waals surface area (Å²) in [5.41, 5.74) is 2.19. The lowest BCUT2D eigenvalue weighted by Crippen LogP contribution is -2.30. The first-order valence-corrected chi connectivity index (χ1v) is 14.3. The van der Waals surface area contributed by atoms with Crippen LogP contribution in [-0.4, -0.2) is 35.1 Å². The van der Waals surface area contributed by atoms with E-state index in [2.05, 4.69) is 20.9 Å². The van der Waals surface area contributed by atoms with Gasteiger partial charge in [-0.15, -0.1) is 11.8 Å². The van der Waals surface area contributed by atoms with E-state index in [-0.39, 0.29) is 11.6 Å². The monoisotopic (exact) mass is 600 g/mol. The van der Waals surface area contributed by atoms with Crippen molar-refractivity contribution in [3.63, 3.8) is 0 Å². The van der Waals surface area contributed by atoms with Crippen LogP contribution >= 0.6 is 23.4 Å². The minimum atomic E-state index is -0.508. The first-order chi connectivity index (χ1) is 20.4. The van der Waals surface area contributed by atoms with Gasteiger partial charge in [-0.2, -0.15) is 0 Å². The molecule has 42 heavy (non-hydrogen) atoms. The zero-order valence-electron chi connectivity index (χ0n) is 23.0. The van der Waals surface area contributed by atoms with Crippen LogP contribution in [0.4, 0.5) is 11.4 Å². The zero-order valence-corrected chi connectivity index (χ0v) is 24.5. The van der Waals surface area contributed by atoms with Gasteiger partial charge in [-0.3, -0.25) is 19.4 Å². The highest BCUT2D eigenvalue weighted by Gasteiger charge is 2.20. The van der Waals surface area contributed by atoms with Crippen LogP contribution < -0.4 is 20.7 Å². The SMILES string of the molecule is CCC(Sc1cccc(NC(=O)/C(=C/c2cccnc2)NC(=O)c2ccccc2)c1)C(=O)Nc1ccc(OC)c(Cl)c1. The lowest BCUT2D eigenvalue weighted by Gasteiger charge is -2.16. The van der Waals surface area contributed by atoms with E-state index in [1.165, 1.54) is 18.9 Å². The molecule has 214 valence electrons.